The second-order valence-electron chi connectivity index (χ2n) is 6.63. The van der Waals surface area contributed by atoms with Crippen LogP contribution in [0.3, 0.4) is 0 Å². The minimum atomic E-state index is -0.214. The van der Waals surface area contributed by atoms with E-state index in [-0.39, 0.29) is 12.1 Å². The first kappa shape index (κ1) is 18.3. The highest BCUT2D eigenvalue weighted by Crippen LogP contribution is 2.36. The standard InChI is InChI=1S/C22H28N2O2/c1-3-5-6-11-16-26-20-15-10-8-13-18(20)21-23-19-14-9-7-12-17(19)22(25)24(21)4-2/h7-10,12-15,21,23H,3-6,11,16H2,1-2H3. The van der Waals surface area contributed by atoms with Gasteiger partial charge in [-0.3, -0.25) is 4.79 Å². The molecule has 1 aliphatic heterocycles. The quantitative estimate of drug-likeness (QED) is 0.661. The van der Waals surface area contributed by atoms with Crippen LogP contribution in [0.25, 0.3) is 0 Å². The molecule has 0 spiro atoms. The monoisotopic (exact) mass is 352 g/mol. The number of anilines is 1. The fourth-order valence-corrected chi connectivity index (χ4v) is 3.41. The lowest BCUT2D eigenvalue weighted by Gasteiger charge is -2.38. The molecule has 4 nitrogen and oxygen atoms in total. The van der Waals surface area contributed by atoms with Crippen molar-refractivity contribution in [3.63, 3.8) is 0 Å². The van der Waals surface area contributed by atoms with E-state index in [1.54, 1.807) is 0 Å². The first-order chi connectivity index (χ1) is 12.8. The highest BCUT2D eigenvalue weighted by atomic mass is 16.5. The molecule has 26 heavy (non-hydrogen) atoms. The van der Waals surface area contributed by atoms with Crippen molar-refractivity contribution in [2.45, 2.75) is 45.7 Å². The third-order valence-electron chi connectivity index (χ3n) is 4.83. The summed E-state index contributed by atoms with van der Waals surface area (Å²) in [4.78, 5) is 14.8. The Morgan fingerprint density at radius 3 is 2.58 bits per heavy atom. The van der Waals surface area contributed by atoms with Crippen molar-refractivity contribution in [3.05, 3.63) is 59.7 Å². The normalized spacial score (nSPS) is 16.2. The van der Waals surface area contributed by atoms with Crippen LogP contribution in [-0.2, 0) is 0 Å². The molecule has 1 N–H and O–H groups in total. The zero-order valence-corrected chi connectivity index (χ0v) is 15.7. The van der Waals surface area contributed by atoms with Gasteiger partial charge in [0.15, 0.2) is 0 Å². The van der Waals surface area contributed by atoms with Gasteiger partial charge in [0.1, 0.15) is 11.9 Å². The van der Waals surface area contributed by atoms with Crippen LogP contribution in [-0.4, -0.2) is 24.0 Å². The SMILES string of the molecule is CCCCCCOc1ccccc1C1Nc2ccccc2C(=O)N1CC. The third-order valence-corrected chi connectivity index (χ3v) is 4.83. The Bertz CT molecular complexity index is 744. The van der Waals surface area contributed by atoms with Crippen molar-refractivity contribution in [2.24, 2.45) is 0 Å². The Morgan fingerprint density at radius 2 is 1.77 bits per heavy atom. The smallest absolute Gasteiger partial charge is 0.257 e. The Hall–Kier alpha value is -2.49. The van der Waals surface area contributed by atoms with E-state index in [2.05, 4.69) is 12.2 Å². The lowest BCUT2D eigenvalue weighted by atomic mass is 10.0. The number of para-hydroxylation sites is 2. The minimum Gasteiger partial charge on any atom is -0.493 e. The Kier molecular flexibility index (Phi) is 6.16. The van der Waals surface area contributed by atoms with Gasteiger partial charge in [-0.1, -0.05) is 56.5 Å². The average molecular weight is 352 g/mol. The molecule has 1 atom stereocenters. The van der Waals surface area contributed by atoms with Gasteiger partial charge in [-0.15, -0.1) is 0 Å². The van der Waals surface area contributed by atoms with Crippen molar-refractivity contribution in [2.75, 3.05) is 18.5 Å². The largest absolute Gasteiger partial charge is 0.493 e. The summed E-state index contributed by atoms with van der Waals surface area (Å²) in [6.07, 6.45) is 4.49. The van der Waals surface area contributed by atoms with Crippen molar-refractivity contribution in [3.8, 4) is 5.75 Å². The number of carbonyl (C=O) groups is 1. The van der Waals surface area contributed by atoms with E-state index in [0.29, 0.717) is 13.2 Å². The maximum absolute atomic E-state index is 12.9. The topological polar surface area (TPSA) is 41.6 Å². The van der Waals surface area contributed by atoms with E-state index in [1.807, 2.05) is 60.4 Å². The number of nitrogens with one attached hydrogen (secondary N) is 1. The number of benzene rings is 2. The van der Waals surface area contributed by atoms with E-state index < -0.39 is 0 Å². The molecule has 138 valence electrons. The summed E-state index contributed by atoms with van der Waals surface area (Å²) in [5, 5.41) is 3.52. The number of hydrogen-bond donors (Lipinski definition) is 1. The average Bonchev–Trinajstić information content (AvgIpc) is 2.68. The van der Waals surface area contributed by atoms with E-state index in [4.69, 9.17) is 4.74 Å². The molecule has 1 unspecified atom stereocenters. The van der Waals surface area contributed by atoms with Crippen molar-refractivity contribution >= 4 is 11.6 Å². The summed E-state index contributed by atoms with van der Waals surface area (Å²) in [6, 6.07) is 15.7. The predicted octanol–water partition coefficient (Wildman–Crippen LogP) is 5.23. The van der Waals surface area contributed by atoms with Crippen LogP contribution < -0.4 is 10.1 Å². The number of carbonyl (C=O) groups excluding carboxylic acids is 1. The molecule has 0 aliphatic carbocycles. The molecule has 1 heterocycles. The van der Waals surface area contributed by atoms with Gasteiger partial charge in [0, 0.05) is 17.8 Å². The maximum Gasteiger partial charge on any atom is 0.257 e. The van der Waals surface area contributed by atoms with Gasteiger partial charge in [0.2, 0.25) is 0 Å². The summed E-state index contributed by atoms with van der Waals surface area (Å²) < 4.78 is 6.08. The number of unbranched alkanes of at least 4 members (excludes halogenated alkanes) is 3. The Morgan fingerprint density at radius 1 is 1.00 bits per heavy atom. The molecular formula is C22H28N2O2. The molecule has 2 aromatic carbocycles. The van der Waals surface area contributed by atoms with Crippen molar-refractivity contribution in [1.82, 2.24) is 4.90 Å². The lowest BCUT2D eigenvalue weighted by molar-refractivity contribution is 0.0692. The molecular weight excluding hydrogens is 324 g/mol. The van der Waals surface area contributed by atoms with E-state index in [1.165, 1.54) is 19.3 Å². The zero-order chi connectivity index (χ0) is 18.4. The molecule has 2 aromatic rings. The second kappa shape index (κ2) is 8.75. The predicted molar refractivity (Wildman–Crippen MR) is 106 cm³/mol. The number of fused-ring (bicyclic) bond motifs is 1. The molecule has 0 saturated carbocycles. The second-order valence-corrected chi connectivity index (χ2v) is 6.63. The maximum atomic E-state index is 12.9. The minimum absolute atomic E-state index is 0.0598. The first-order valence-electron chi connectivity index (χ1n) is 9.64. The first-order valence-corrected chi connectivity index (χ1v) is 9.64. The van der Waals surface area contributed by atoms with E-state index >= 15 is 0 Å². The van der Waals surface area contributed by atoms with Crippen LogP contribution in [0.5, 0.6) is 5.75 Å². The zero-order valence-electron chi connectivity index (χ0n) is 15.7. The molecule has 0 saturated heterocycles. The number of ether oxygens (including phenoxy) is 1. The van der Waals surface area contributed by atoms with Crippen LogP contribution in [0, 0.1) is 0 Å². The fraction of sp³-hybridized carbons (Fsp3) is 0.409. The van der Waals surface area contributed by atoms with Gasteiger partial charge in [-0.2, -0.15) is 0 Å². The Labute approximate surface area is 156 Å². The number of hydrogen-bond acceptors (Lipinski definition) is 3. The highest BCUT2D eigenvalue weighted by Gasteiger charge is 2.33. The summed E-state index contributed by atoms with van der Waals surface area (Å²) in [5.74, 6) is 0.914. The van der Waals surface area contributed by atoms with Gasteiger partial charge in [0.05, 0.1) is 12.2 Å². The molecule has 0 aromatic heterocycles. The van der Waals surface area contributed by atoms with Crippen molar-refractivity contribution in [1.29, 1.82) is 0 Å². The van der Waals surface area contributed by atoms with Gasteiger partial charge in [-0.05, 0) is 31.5 Å². The lowest BCUT2D eigenvalue weighted by Crippen LogP contribution is -2.42. The summed E-state index contributed by atoms with van der Waals surface area (Å²) in [7, 11) is 0. The van der Waals surface area contributed by atoms with E-state index in [0.717, 1.165) is 29.0 Å². The summed E-state index contributed by atoms with van der Waals surface area (Å²) in [6.45, 7) is 5.56. The molecule has 0 fully saturated rings. The number of rotatable bonds is 8. The van der Waals surface area contributed by atoms with Gasteiger partial charge in [-0.25, -0.2) is 0 Å². The highest BCUT2D eigenvalue weighted by molar-refractivity contribution is 6.01. The van der Waals surface area contributed by atoms with E-state index in [9.17, 15) is 4.79 Å². The molecule has 0 bridgehead atoms. The van der Waals surface area contributed by atoms with Gasteiger partial charge in [0.25, 0.3) is 5.91 Å². The molecule has 1 aliphatic rings. The van der Waals surface area contributed by atoms with Crippen LogP contribution in [0.4, 0.5) is 5.69 Å². The van der Waals surface area contributed by atoms with Crippen LogP contribution in [0.2, 0.25) is 0 Å². The molecule has 3 rings (SSSR count). The van der Waals surface area contributed by atoms with Crippen LogP contribution in [0.15, 0.2) is 48.5 Å². The Balaban J connectivity index is 1.83. The number of nitrogens with zero attached hydrogens (tertiary/aromatic N) is 1. The molecule has 4 heteroatoms. The van der Waals surface area contributed by atoms with Crippen LogP contribution in [0.1, 0.15) is 61.6 Å². The van der Waals surface area contributed by atoms with Crippen LogP contribution >= 0.6 is 0 Å². The molecule has 0 radical (unpaired) electrons. The van der Waals surface area contributed by atoms with Crippen molar-refractivity contribution < 1.29 is 9.53 Å². The summed E-state index contributed by atoms with van der Waals surface area (Å²) >= 11 is 0. The molecule has 1 amide bonds. The number of amides is 1. The third kappa shape index (κ3) is 3.85. The van der Waals surface area contributed by atoms with Gasteiger partial charge >= 0.3 is 0 Å². The van der Waals surface area contributed by atoms with Gasteiger partial charge < -0.3 is 15.0 Å². The summed E-state index contributed by atoms with van der Waals surface area (Å²) in [5.41, 5.74) is 2.61. The fourth-order valence-electron chi connectivity index (χ4n) is 3.41.